The van der Waals surface area contributed by atoms with Gasteiger partial charge < -0.3 is 5.11 Å². The molecule has 58 heavy (non-hydrogen) atoms. The number of phenolic OH excluding ortho intramolecular Hbond substituents is 1. The molecule has 0 aliphatic carbocycles. The molecule has 6 aromatic carbocycles. The second kappa shape index (κ2) is 16.4. The molecule has 0 aliphatic heterocycles. The van der Waals surface area contributed by atoms with Gasteiger partial charge in [0.15, 0.2) is 0 Å². The molecule has 0 fully saturated rings. The number of nitrogens with zero attached hydrogens (tertiary/aromatic N) is 3. The molecule has 4 nitrogen and oxygen atoms in total. The Bertz CT molecular complexity index is 2760. The van der Waals surface area contributed by atoms with Crippen LogP contribution in [0.2, 0.25) is 0 Å². The number of fused-ring (bicyclic) bond motifs is 1. The third kappa shape index (κ3) is 8.09. The molecule has 0 amide bonds. The fourth-order valence-electron chi connectivity index (χ4n) is 7.89. The van der Waals surface area contributed by atoms with Gasteiger partial charge in [-0.25, -0.2) is 4.98 Å². The van der Waals surface area contributed by atoms with Crippen LogP contribution in [0, 0.1) is 32.8 Å². The van der Waals surface area contributed by atoms with Crippen molar-refractivity contribution < 1.29 is 26.2 Å². The summed E-state index contributed by atoms with van der Waals surface area (Å²) in [5.74, 6) is 1.44. The molecule has 0 aliphatic rings. The number of rotatable bonds is 8. The molecule has 294 valence electrons. The fourth-order valence-corrected chi connectivity index (χ4v) is 7.89. The van der Waals surface area contributed by atoms with Gasteiger partial charge in [-0.05, 0) is 102 Å². The first-order valence-electron chi connectivity index (χ1n) is 20.0. The number of aromatic hydroxyl groups is 1. The summed E-state index contributed by atoms with van der Waals surface area (Å²) in [5, 5.41) is 11.7. The second-order valence-electron chi connectivity index (χ2n) is 17.0. The van der Waals surface area contributed by atoms with E-state index < -0.39 is 0 Å². The minimum absolute atomic E-state index is 0. The number of para-hydroxylation sites is 1. The average Bonchev–Trinajstić information content (AvgIpc) is 3.58. The molecule has 5 heteroatoms. The number of aryl methyl sites for hydroxylation is 3. The quantitative estimate of drug-likeness (QED) is 0.154. The van der Waals surface area contributed by atoms with Crippen LogP contribution in [0.5, 0.6) is 5.75 Å². The van der Waals surface area contributed by atoms with Crippen LogP contribution in [-0.2, 0) is 32.9 Å². The van der Waals surface area contributed by atoms with Crippen LogP contribution in [0.25, 0.3) is 72.7 Å². The number of imidazole rings is 1. The van der Waals surface area contributed by atoms with Crippen molar-refractivity contribution in [2.75, 3.05) is 0 Å². The molecule has 0 unspecified atom stereocenters. The van der Waals surface area contributed by atoms with Crippen LogP contribution in [0.4, 0.5) is 0 Å². The maximum absolute atomic E-state index is 11.7. The van der Waals surface area contributed by atoms with E-state index in [2.05, 4.69) is 174 Å². The smallest absolute Gasteiger partial charge is 0.148 e. The molecule has 0 atom stereocenters. The summed E-state index contributed by atoms with van der Waals surface area (Å²) in [6.07, 6.45) is 2.87. The topological polar surface area (TPSA) is 50.9 Å². The Hall–Kier alpha value is -5.57. The maximum atomic E-state index is 11.7. The molecule has 0 bridgehead atoms. The molecule has 0 saturated heterocycles. The molecule has 8 aromatic rings. The Morgan fingerprint density at radius 2 is 1.41 bits per heavy atom. The molecule has 1 N–H and O–H groups in total. The fraction of sp³-hybridized carbons (Fsp3) is 0.208. The van der Waals surface area contributed by atoms with Gasteiger partial charge in [-0.15, -0.1) is 29.3 Å². The van der Waals surface area contributed by atoms with E-state index in [-0.39, 0.29) is 32.2 Å². The SMILES string of the molecule is Cc1ccc(-c2ccnc(-c3[c-]c(-c4cccc5c4nc(-c4cc(C)cc(C)c4O)n5-c4ccc(CC(C)C)cc4-c4ccccc4)cc(C(C)(C)C)c3)c2)cc1.[Pt]. The van der Waals surface area contributed by atoms with Crippen molar-refractivity contribution in [2.24, 2.45) is 5.92 Å². The summed E-state index contributed by atoms with van der Waals surface area (Å²) >= 11 is 0. The average molecular weight is 940 g/mol. The van der Waals surface area contributed by atoms with Gasteiger partial charge in [-0.2, -0.15) is 0 Å². The molecule has 0 radical (unpaired) electrons. The summed E-state index contributed by atoms with van der Waals surface area (Å²) in [5.41, 5.74) is 17.2. The van der Waals surface area contributed by atoms with Crippen LogP contribution in [0.3, 0.4) is 0 Å². The first kappa shape index (κ1) is 40.6. The monoisotopic (exact) mass is 939 g/mol. The third-order valence-electron chi connectivity index (χ3n) is 10.8. The number of pyridine rings is 1. The van der Waals surface area contributed by atoms with Crippen LogP contribution < -0.4 is 0 Å². The van der Waals surface area contributed by atoms with Crippen LogP contribution in [0.1, 0.15) is 62.4 Å². The van der Waals surface area contributed by atoms with Crippen LogP contribution in [0.15, 0.2) is 134 Å². The summed E-state index contributed by atoms with van der Waals surface area (Å²) in [6, 6.07) is 49.0. The van der Waals surface area contributed by atoms with Gasteiger partial charge >= 0.3 is 0 Å². The zero-order valence-corrected chi connectivity index (χ0v) is 36.9. The molecular formula is C53H50N3OPt-. The van der Waals surface area contributed by atoms with Crippen molar-refractivity contribution in [1.29, 1.82) is 0 Å². The van der Waals surface area contributed by atoms with E-state index in [1.807, 2.05) is 25.3 Å². The number of aromatic nitrogens is 3. The first-order valence-corrected chi connectivity index (χ1v) is 20.0. The van der Waals surface area contributed by atoms with E-state index in [9.17, 15) is 5.11 Å². The minimum Gasteiger partial charge on any atom is -0.507 e. The van der Waals surface area contributed by atoms with Gasteiger partial charge in [0.05, 0.1) is 22.3 Å². The standard InChI is InChI=1S/C53H50N3O.Pt/c1-33(2)25-37-19-22-48(45(28-37)39-13-10-9-11-14-39)56-49-16-12-15-44(50(49)55-52(56)46-27-35(4)26-36(5)51(46)57)41-29-42(31-43(30-41)53(6,7)8)47-32-40(23-24-54-47)38-20-17-34(3)18-21-38;/h9-24,26-28,30-33,57H,25H2,1-8H3;/q-1;. The molecule has 0 saturated carbocycles. The predicted molar refractivity (Wildman–Crippen MR) is 238 cm³/mol. The van der Waals surface area contributed by atoms with E-state index in [1.165, 1.54) is 16.7 Å². The van der Waals surface area contributed by atoms with Crippen molar-refractivity contribution in [3.05, 3.63) is 167 Å². The second-order valence-corrected chi connectivity index (χ2v) is 17.0. The summed E-state index contributed by atoms with van der Waals surface area (Å²) in [4.78, 5) is 10.4. The zero-order valence-electron chi connectivity index (χ0n) is 34.6. The van der Waals surface area contributed by atoms with Crippen LogP contribution >= 0.6 is 0 Å². The molecule has 0 spiro atoms. The van der Waals surface area contributed by atoms with Crippen molar-refractivity contribution in [3.63, 3.8) is 0 Å². The third-order valence-corrected chi connectivity index (χ3v) is 10.8. The first-order chi connectivity index (χ1) is 27.3. The Morgan fingerprint density at radius 1 is 0.672 bits per heavy atom. The largest absolute Gasteiger partial charge is 0.507 e. The Kier molecular flexibility index (Phi) is 11.5. The molecule has 2 aromatic heterocycles. The Labute approximate surface area is 358 Å². The van der Waals surface area contributed by atoms with E-state index in [1.54, 1.807) is 0 Å². The van der Waals surface area contributed by atoms with Gasteiger partial charge in [-0.3, -0.25) is 9.55 Å². The maximum Gasteiger partial charge on any atom is 0.148 e. The molecule has 8 rings (SSSR count). The molecule has 2 heterocycles. The predicted octanol–water partition coefficient (Wildman–Crippen LogP) is 13.7. The molecular weight excluding hydrogens is 890 g/mol. The number of benzene rings is 6. The van der Waals surface area contributed by atoms with Crippen molar-refractivity contribution in [1.82, 2.24) is 14.5 Å². The number of phenols is 1. The number of hydrogen-bond donors (Lipinski definition) is 1. The van der Waals surface area contributed by atoms with E-state index >= 15 is 0 Å². The van der Waals surface area contributed by atoms with E-state index in [0.29, 0.717) is 17.3 Å². The van der Waals surface area contributed by atoms with Gasteiger partial charge in [0.2, 0.25) is 0 Å². The van der Waals surface area contributed by atoms with Crippen LogP contribution in [-0.4, -0.2) is 19.6 Å². The van der Waals surface area contributed by atoms with Crippen molar-refractivity contribution in [3.8, 4) is 67.5 Å². The van der Waals surface area contributed by atoms with Crippen molar-refractivity contribution in [2.45, 2.75) is 67.2 Å². The summed E-state index contributed by atoms with van der Waals surface area (Å²) < 4.78 is 2.25. The Morgan fingerprint density at radius 3 is 2.14 bits per heavy atom. The zero-order chi connectivity index (χ0) is 40.0. The van der Waals surface area contributed by atoms with E-state index in [4.69, 9.17) is 9.97 Å². The van der Waals surface area contributed by atoms with Gasteiger partial charge in [0.25, 0.3) is 0 Å². The summed E-state index contributed by atoms with van der Waals surface area (Å²) in [7, 11) is 0. The van der Waals surface area contributed by atoms with E-state index in [0.717, 1.165) is 78.9 Å². The summed E-state index contributed by atoms with van der Waals surface area (Å²) in [6.45, 7) is 17.4. The minimum atomic E-state index is -0.140. The van der Waals surface area contributed by atoms with Gasteiger partial charge in [0, 0.05) is 38.5 Å². The normalized spacial score (nSPS) is 11.6. The van der Waals surface area contributed by atoms with Gasteiger partial charge in [0.1, 0.15) is 11.6 Å². The number of hydrogen-bond acceptors (Lipinski definition) is 3. The Balaban J connectivity index is 0.00000512. The van der Waals surface area contributed by atoms with Crippen molar-refractivity contribution >= 4 is 11.0 Å². The van der Waals surface area contributed by atoms with Gasteiger partial charge in [-0.1, -0.05) is 136 Å².